The monoisotopic (exact) mass is 247 g/mol. The van der Waals surface area contributed by atoms with E-state index in [1.165, 1.54) is 0 Å². The highest BCUT2D eigenvalue weighted by molar-refractivity contribution is 5.87. The molecule has 1 N–H and O–H groups in total. The van der Waals surface area contributed by atoms with Gasteiger partial charge in [0, 0.05) is 16.6 Å². The maximum atomic E-state index is 11.5. The topological polar surface area (TPSA) is 51.3 Å². The van der Waals surface area contributed by atoms with Gasteiger partial charge in [0.2, 0.25) is 0 Å². The van der Waals surface area contributed by atoms with Gasteiger partial charge in [-0.2, -0.15) is 0 Å². The van der Waals surface area contributed by atoms with E-state index >= 15 is 0 Å². The van der Waals surface area contributed by atoms with Gasteiger partial charge in [0.25, 0.3) is 0 Å². The number of aromatic nitrogens is 1. The third kappa shape index (κ3) is 2.32. The van der Waals surface area contributed by atoms with Crippen molar-refractivity contribution in [3.8, 4) is 5.75 Å². The van der Waals surface area contributed by atoms with Crippen molar-refractivity contribution in [3.05, 3.63) is 29.5 Å². The maximum absolute atomic E-state index is 11.5. The molecule has 2 aromatic rings. The van der Waals surface area contributed by atoms with E-state index in [0.717, 1.165) is 27.9 Å². The van der Waals surface area contributed by atoms with Gasteiger partial charge in [0.05, 0.1) is 20.1 Å². The number of nitrogens with one attached hydrogen (secondary N) is 1. The Balaban J connectivity index is 2.35. The van der Waals surface area contributed by atoms with Gasteiger partial charge in [-0.3, -0.25) is 4.79 Å². The molecule has 2 rings (SSSR count). The zero-order chi connectivity index (χ0) is 13.1. The maximum Gasteiger partial charge on any atom is 0.311 e. The number of hydrogen-bond donors (Lipinski definition) is 1. The Hall–Kier alpha value is -1.97. The van der Waals surface area contributed by atoms with E-state index in [9.17, 15) is 4.79 Å². The van der Waals surface area contributed by atoms with E-state index < -0.39 is 0 Å². The first-order valence-corrected chi connectivity index (χ1v) is 5.96. The van der Waals surface area contributed by atoms with Crippen molar-refractivity contribution in [2.24, 2.45) is 0 Å². The van der Waals surface area contributed by atoms with E-state index in [1.807, 2.05) is 25.1 Å². The Bertz CT molecular complexity index is 572. The van der Waals surface area contributed by atoms with Crippen LogP contribution in [0.1, 0.15) is 18.2 Å². The van der Waals surface area contributed by atoms with Gasteiger partial charge < -0.3 is 14.5 Å². The van der Waals surface area contributed by atoms with E-state index in [0.29, 0.717) is 6.61 Å². The number of esters is 1. The van der Waals surface area contributed by atoms with E-state index in [-0.39, 0.29) is 12.4 Å². The quantitative estimate of drug-likeness (QED) is 0.845. The fourth-order valence-electron chi connectivity index (χ4n) is 2.02. The Kier molecular flexibility index (Phi) is 3.55. The van der Waals surface area contributed by atoms with Gasteiger partial charge >= 0.3 is 5.97 Å². The summed E-state index contributed by atoms with van der Waals surface area (Å²) < 4.78 is 10.2. The molecule has 18 heavy (non-hydrogen) atoms. The fraction of sp³-hybridized carbons (Fsp3) is 0.357. The summed E-state index contributed by atoms with van der Waals surface area (Å²) >= 11 is 0. The van der Waals surface area contributed by atoms with Crippen LogP contribution in [0.15, 0.2) is 18.2 Å². The molecule has 0 saturated carbocycles. The second-order valence-electron chi connectivity index (χ2n) is 4.12. The summed E-state index contributed by atoms with van der Waals surface area (Å²) in [5.74, 6) is 0.603. The molecule has 4 nitrogen and oxygen atoms in total. The number of ether oxygens (including phenoxy) is 2. The minimum absolute atomic E-state index is 0.209. The number of hydrogen-bond acceptors (Lipinski definition) is 3. The molecule has 0 aliphatic rings. The van der Waals surface area contributed by atoms with Crippen molar-refractivity contribution < 1.29 is 14.3 Å². The summed E-state index contributed by atoms with van der Waals surface area (Å²) in [5, 5.41) is 1.08. The lowest BCUT2D eigenvalue weighted by Gasteiger charge is -2.01. The first-order chi connectivity index (χ1) is 8.65. The SMILES string of the molecule is CCOC(=O)Cc1[nH]c2ccc(OC)cc2c1C. The van der Waals surface area contributed by atoms with Gasteiger partial charge in [0.1, 0.15) is 5.75 Å². The first kappa shape index (κ1) is 12.5. The summed E-state index contributed by atoms with van der Waals surface area (Å²) in [4.78, 5) is 14.7. The minimum atomic E-state index is -0.209. The second kappa shape index (κ2) is 5.12. The van der Waals surface area contributed by atoms with Crippen molar-refractivity contribution in [1.29, 1.82) is 0 Å². The third-order valence-electron chi connectivity index (χ3n) is 3.00. The molecule has 0 amide bonds. The lowest BCUT2D eigenvalue weighted by atomic mass is 10.1. The van der Waals surface area contributed by atoms with Gasteiger partial charge in [-0.05, 0) is 37.6 Å². The summed E-state index contributed by atoms with van der Waals surface area (Å²) in [6, 6.07) is 5.82. The molecule has 0 atom stereocenters. The average molecular weight is 247 g/mol. The number of rotatable bonds is 4. The predicted octanol–water partition coefficient (Wildman–Crippen LogP) is 2.59. The lowest BCUT2D eigenvalue weighted by molar-refractivity contribution is -0.142. The lowest BCUT2D eigenvalue weighted by Crippen LogP contribution is -2.08. The largest absolute Gasteiger partial charge is 0.497 e. The van der Waals surface area contributed by atoms with Crippen LogP contribution in [0.5, 0.6) is 5.75 Å². The molecule has 0 radical (unpaired) electrons. The Labute approximate surface area is 106 Å². The van der Waals surface area contributed by atoms with Crippen LogP contribution >= 0.6 is 0 Å². The predicted molar refractivity (Wildman–Crippen MR) is 69.9 cm³/mol. The molecule has 0 spiro atoms. The van der Waals surface area contributed by atoms with Crippen LogP contribution in [-0.4, -0.2) is 24.7 Å². The van der Waals surface area contributed by atoms with Gasteiger partial charge in [0.15, 0.2) is 0 Å². The molecule has 1 aromatic heterocycles. The smallest absolute Gasteiger partial charge is 0.311 e. The normalized spacial score (nSPS) is 10.6. The van der Waals surface area contributed by atoms with Crippen LogP contribution in [0.2, 0.25) is 0 Å². The van der Waals surface area contributed by atoms with Crippen LogP contribution in [0.3, 0.4) is 0 Å². The molecule has 0 aliphatic heterocycles. The first-order valence-electron chi connectivity index (χ1n) is 5.96. The summed E-state index contributed by atoms with van der Waals surface area (Å²) in [6.07, 6.45) is 0.274. The Morgan fingerprint density at radius 1 is 1.39 bits per heavy atom. The molecule has 0 fully saturated rings. The molecule has 0 saturated heterocycles. The minimum Gasteiger partial charge on any atom is -0.497 e. The highest BCUT2D eigenvalue weighted by Crippen LogP contribution is 2.26. The summed E-state index contributed by atoms with van der Waals surface area (Å²) in [6.45, 7) is 4.21. The second-order valence-corrected chi connectivity index (χ2v) is 4.12. The van der Waals surface area contributed by atoms with Crippen LogP contribution < -0.4 is 4.74 Å². The van der Waals surface area contributed by atoms with Crippen LogP contribution in [-0.2, 0) is 16.0 Å². The number of carbonyl (C=O) groups is 1. The zero-order valence-corrected chi connectivity index (χ0v) is 10.9. The van der Waals surface area contributed by atoms with Crippen LogP contribution in [0, 0.1) is 6.92 Å². The standard InChI is InChI=1S/C14H17NO3/c1-4-18-14(16)8-13-9(2)11-7-10(17-3)5-6-12(11)15-13/h5-7,15H,4,8H2,1-3H3. The number of fused-ring (bicyclic) bond motifs is 1. The molecule has 0 bridgehead atoms. The molecule has 1 heterocycles. The van der Waals surface area contributed by atoms with E-state index in [1.54, 1.807) is 14.0 Å². The number of aryl methyl sites for hydroxylation is 1. The molecule has 96 valence electrons. The fourth-order valence-corrected chi connectivity index (χ4v) is 2.02. The number of benzene rings is 1. The van der Waals surface area contributed by atoms with Crippen molar-refractivity contribution in [3.63, 3.8) is 0 Å². The number of H-pyrrole nitrogens is 1. The molecule has 1 aromatic carbocycles. The van der Waals surface area contributed by atoms with Crippen molar-refractivity contribution >= 4 is 16.9 Å². The van der Waals surface area contributed by atoms with Crippen molar-refractivity contribution in [1.82, 2.24) is 4.98 Å². The zero-order valence-electron chi connectivity index (χ0n) is 10.9. The molecular weight excluding hydrogens is 230 g/mol. The van der Waals surface area contributed by atoms with Gasteiger partial charge in [-0.25, -0.2) is 0 Å². The Morgan fingerprint density at radius 2 is 2.17 bits per heavy atom. The van der Waals surface area contributed by atoms with Crippen molar-refractivity contribution in [2.45, 2.75) is 20.3 Å². The average Bonchev–Trinajstić information content (AvgIpc) is 2.66. The highest BCUT2D eigenvalue weighted by Gasteiger charge is 2.12. The van der Waals surface area contributed by atoms with Crippen LogP contribution in [0.25, 0.3) is 10.9 Å². The van der Waals surface area contributed by atoms with Gasteiger partial charge in [-0.1, -0.05) is 0 Å². The Morgan fingerprint density at radius 3 is 2.83 bits per heavy atom. The number of aromatic amines is 1. The van der Waals surface area contributed by atoms with Crippen molar-refractivity contribution in [2.75, 3.05) is 13.7 Å². The summed E-state index contributed by atoms with van der Waals surface area (Å²) in [5.41, 5.74) is 2.97. The van der Waals surface area contributed by atoms with Gasteiger partial charge in [-0.15, -0.1) is 0 Å². The number of methoxy groups -OCH3 is 1. The van der Waals surface area contributed by atoms with E-state index in [4.69, 9.17) is 9.47 Å². The van der Waals surface area contributed by atoms with Crippen LogP contribution in [0.4, 0.5) is 0 Å². The molecule has 0 aliphatic carbocycles. The molecule has 0 unspecified atom stereocenters. The highest BCUT2D eigenvalue weighted by atomic mass is 16.5. The molecular formula is C14H17NO3. The molecule has 4 heteroatoms. The third-order valence-corrected chi connectivity index (χ3v) is 3.00. The number of carbonyl (C=O) groups excluding carboxylic acids is 1. The van der Waals surface area contributed by atoms with E-state index in [2.05, 4.69) is 4.98 Å². The summed E-state index contributed by atoms with van der Waals surface area (Å²) in [7, 11) is 1.64.